The van der Waals surface area contributed by atoms with Crippen molar-refractivity contribution in [1.82, 2.24) is 0 Å². The summed E-state index contributed by atoms with van der Waals surface area (Å²) < 4.78 is 16.2. The molecule has 1 N–H and O–H groups in total. The van der Waals surface area contributed by atoms with Gasteiger partial charge in [0.1, 0.15) is 0 Å². The van der Waals surface area contributed by atoms with Crippen LogP contribution in [0, 0.1) is 0 Å². The van der Waals surface area contributed by atoms with Crippen LogP contribution in [-0.2, 0) is 9.53 Å². The Hall–Kier alpha value is -2.44. The molecule has 0 aliphatic heterocycles. The Morgan fingerprint density at radius 1 is 0.964 bits per heavy atom. The van der Waals surface area contributed by atoms with Crippen molar-refractivity contribution in [3.63, 3.8) is 0 Å². The van der Waals surface area contributed by atoms with E-state index in [1.807, 2.05) is 13.8 Å². The first-order valence-electron chi connectivity index (χ1n) is 8.71. The maximum Gasteiger partial charge on any atom is 0.339 e. The van der Waals surface area contributed by atoms with Crippen LogP contribution >= 0.6 is 23.2 Å². The minimum Gasteiger partial charge on any atom is -0.490 e. The molecule has 0 aliphatic rings. The van der Waals surface area contributed by atoms with Crippen LogP contribution < -0.4 is 14.8 Å². The molecule has 0 bridgehead atoms. The zero-order chi connectivity index (χ0) is 20.7. The van der Waals surface area contributed by atoms with Gasteiger partial charge in [0.05, 0.1) is 18.8 Å². The summed E-state index contributed by atoms with van der Waals surface area (Å²) in [5.41, 5.74) is 0.655. The van der Waals surface area contributed by atoms with E-state index in [1.165, 1.54) is 13.0 Å². The highest BCUT2D eigenvalue weighted by Gasteiger charge is 2.20. The average molecular weight is 426 g/mol. The number of halogens is 2. The zero-order valence-electron chi connectivity index (χ0n) is 15.8. The number of amides is 1. The number of esters is 1. The fourth-order valence-electron chi connectivity index (χ4n) is 2.33. The van der Waals surface area contributed by atoms with Crippen molar-refractivity contribution in [2.24, 2.45) is 0 Å². The predicted octanol–water partition coefficient (Wildman–Crippen LogP) is 4.97. The third-order valence-corrected chi connectivity index (χ3v) is 4.00. The molecule has 6 nitrogen and oxygen atoms in total. The molecule has 0 spiro atoms. The van der Waals surface area contributed by atoms with Crippen LogP contribution in [-0.4, -0.2) is 31.2 Å². The predicted molar refractivity (Wildman–Crippen MR) is 109 cm³/mol. The lowest BCUT2D eigenvalue weighted by Crippen LogP contribution is -2.30. The van der Waals surface area contributed by atoms with Crippen LogP contribution in [0.3, 0.4) is 0 Å². The summed E-state index contributed by atoms with van der Waals surface area (Å²) in [5, 5.41) is 3.37. The van der Waals surface area contributed by atoms with Gasteiger partial charge in [0.2, 0.25) is 0 Å². The molecule has 0 saturated heterocycles. The highest BCUT2D eigenvalue weighted by Crippen LogP contribution is 2.29. The van der Waals surface area contributed by atoms with Crippen molar-refractivity contribution in [1.29, 1.82) is 0 Å². The first-order valence-corrected chi connectivity index (χ1v) is 9.47. The van der Waals surface area contributed by atoms with Crippen molar-refractivity contribution < 1.29 is 23.8 Å². The van der Waals surface area contributed by atoms with Gasteiger partial charge in [-0.15, -0.1) is 0 Å². The molecule has 2 rings (SSSR count). The minimum atomic E-state index is -1.03. The van der Waals surface area contributed by atoms with E-state index in [1.54, 1.807) is 30.3 Å². The molecule has 8 heteroatoms. The molecule has 2 aromatic rings. The Morgan fingerprint density at radius 2 is 1.57 bits per heavy atom. The summed E-state index contributed by atoms with van der Waals surface area (Å²) in [7, 11) is 0. The quantitative estimate of drug-likeness (QED) is 0.603. The summed E-state index contributed by atoms with van der Waals surface area (Å²) in [4.78, 5) is 24.7. The van der Waals surface area contributed by atoms with Crippen molar-refractivity contribution in [2.75, 3.05) is 18.5 Å². The number of carbonyl (C=O) groups is 2. The number of hydrogen-bond acceptors (Lipinski definition) is 5. The second-order valence-corrected chi connectivity index (χ2v) is 6.60. The topological polar surface area (TPSA) is 73.9 Å². The van der Waals surface area contributed by atoms with Gasteiger partial charge in [-0.1, -0.05) is 23.2 Å². The number of benzene rings is 2. The Kier molecular flexibility index (Phi) is 7.96. The van der Waals surface area contributed by atoms with Crippen LogP contribution in [0.2, 0.25) is 10.0 Å². The Balaban J connectivity index is 2.06. The van der Waals surface area contributed by atoms with Crippen molar-refractivity contribution >= 4 is 40.8 Å². The zero-order valence-corrected chi connectivity index (χ0v) is 17.3. The Bertz CT molecular complexity index is 836. The lowest BCUT2D eigenvalue weighted by molar-refractivity contribution is -0.123. The molecule has 1 atom stereocenters. The maximum atomic E-state index is 12.4. The summed E-state index contributed by atoms with van der Waals surface area (Å²) in [5.74, 6) is -0.201. The molecule has 150 valence electrons. The molecule has 28 heavy (non-hydrogen) atoms. The SMILES string of the molecule is CCOc1ccc(C(=O)O[C@@H](C)C(=O)Nc2cc(Cl)cc(Cl)c2)cc1OCC. The normalized spacial score (nSPS) is 11.5. The van der Waals surface area contributed by atoms with Gasteiger partial charge in [-0.3, -0.25) is 4.79 Å². The van der Waals surface area contributed by atoms with E-state index in [0.29, 0.717) is 40.4 Å². The lowest BCUT2D eigenvalue weighted by Gasteiger charge is -2.15. The molecule has 0 aliphatic carbocycles. The van der Waals surface area contributed by atoms with Crippen molar-refractivity contribution in [3.05, 3.63) is 52.0 Å². The lowest BCUT2D eigenvalue weighted by atomic mass is 10.2. The molecule has 0 heterocycles. The summed E-state index contributed by atoms with van der Waals surface area (Å²) in [6.45, 7) is 6.03. The summed E-state index contributed by atoms with van der Waals surface area (Å²) in [6.07, 6.45) is -1.03. The molecule has 0 radical (unpaired) electrons. The second-order valence-electron chi connectivity index (χ2n) is 5.72. The smallest absolute Gasteiger partial charge is 0.339 e. The average Bonchev–Trinajstić information content (AvgIpc) is 2.62. The molecule has 0 unspecified atom stereocenters. The van der Waals surface area contributed by atoms with E-state index in [-0.39, 0.29) is 5.56 Å². The first kappa shape index (κ1) is 21.9. The third kappa shape index (κ3) is 6.04. The Labute approximate surface area is 173 Å². The monoisotopic (exact) mass is 425 g/mol. The molecular formula is C20H21Cl2NO5. The van der Waals surface area contributed by atoms with Crippen molar-refractivity contribution in [2.45, 2.75) is 26.9 Å². The fourth-order valence-corrected chi connectivity index (χ4v) is 2.86. The highest BCUT2D eigenvalue weighted by molar-refractivity contribution is 6.35. The van der Waals surface area contributed by atoms with Gasteiger partial charge in [-0.05, 0) is 57.2 Å². The number of carbonyl (C=O) groups excluding carboxylic acids is 2. The number of nitrogens with one attached hydrogen (secondary N) is 1. The highest BCUT2D eigenvalue weighted by atomic mass is 35.5. The molecular weight excluding hydrogens is 405 g/mol. The third-order valence-electron chi connectivity index (χ3n) is 3.56. The number of anilines is 1. The number of ether oxygens (including phenoxy) is 3. The summed E-state index contributed by atoms with van der Waals surface area (Å²) in [6, 6.07) is 9.34. The standard InChI is InChI=1S/C20H21Cl2NO5/c1-4-26-17-7-6-13(8-18(17)27-5-2)20(25)28-12(3)19(24)23-16-10-14(21)9-15(22)11-16/h6-12H,4-5H2,1-3H3,(H,23,24)/t12-/m0/s1. The van der Waals surface area contributed by atoms with E-state index >= 15 is 0 Å². The molecule has 0 fully saturated rings. The fraction of sp³-hybridized carbons (Fsp3) is 0.300. The van der Waals surface area contributed by atoms with E-state index in [4.69, 9.17) is 37.4 Å². The van der Waals surface area contributed by atoms with E-state index in [2.05, 4.69) is 5.32 Å². The summed E-state index contributed by atoms with van der Waals surface area (Å²) >= 11 is 11.8. The first-order chi connectivity index (χ1) is 13.3. The van der Waals surface area contributed by atoms with Gasteiger partial charge in [-0.25, -0.2) is 4.79 Å². The number of rotatable bonds is 8. The van der Waals surface area contributed by atoms with E-state index in [9.17, 15) is 9.59 Å². The molecule has 0 aromatic heterocycles. The van der Waals surface area contributed by atoms with Crippen LogP contribution in [0.15, 0.2) is 36.4 Å². The molecule has 2 aromatic carbocycles. The van der Waals surface area contributed by atoms with Crippen LogP contribution in [0.5, 0.6) is 11.5 Å². The van der Waals surface area contributed by atoms with E-state index < -0.39 is 18.0 Å². The second kappa shape index (κ2) is 10.2. The van der Waals surface area contributed by atoms with Gasteiger partial charge in [0.25, 0.3) is 5.91 Å². The maximum absolute atomic E-state index is 12.4. The van der Waals surface area contributed by atoms with Crippen LogP contribution in [0.1, 0.15) is 31.1 Å². The van der Waals surface area contributed by atoms with Crippen LogP contribution in [0.4, 0.5) is 5.69 Å². The van der Waals surface area contributed by atoms with Gasteiger partial charge in [-0.2, -0.15) is 0 Å². The van der Waals surface area contributed by atoms with Gasteiger partial charge in [0, 0.05) is 15.7 Å². The van der Waals surface area contributed by atoms with E-state index in [0.717, 1.165) is 0 Å². The van der Waals surface area contributed by atoms with Gasteiger partial charge >= 0.3 is 5.97 Å². The van der Waals surface area contributed by atoms with Crippen molar-refractivity contribution in [3.8, 4) is 11.5 Å². The van der Waals surface area contributed by atoms with Gasteiger partial charge in [0.15, 0.2) is 17.6 Å². The van der Waals surface area contributed by atoms with Crippen LogP contribution in [0.25, 0.3) is 0 Å². The largest absolute Gasteiger partial charge is 0.490 e. The Morgan fingerprint density at radius 3 is 2.18 bits per heavy atom. The number of hydrogen-bond donors (Lipinski definition) is 1. The van der Waals surface area contributed by atoms with Gasteiger partial charge < -0.3 is 19.5 Å². The molecule has 0 saturated carbocycles. The minimum absolute atomic E-state index is 0.248. The molecule has 1 amide bonds.